The van der Waals surface area contributed by atoms with E-state index in [0.717, 1.165) is 41.1 Å². The first-order chi connectivity index (χ1) is 15.0. The van der Waals surface area contributed by atoms with E-state index in [9.17, 15) is 14.7 Å². The third kappa shape index (κ3) is 13.2. The number of aliphatic hydroxyl groups excluding tert-OH is 1. The molecule has 0 aliphatic heterocycles. The SMILES string of the molecule is C=CC(=C)CC(=O)NC(=C)SC(=C)CCCCC(=C)SC(=C)NC(=O)C(CO)/C(C)=C/C. The van der Waals surface area contributed by atoms with E-state index in [1.807, 2.05) is 19.9 Å². The van der Waals surface area contributed by atoms with Crippen molar-refractivity contribution in [2.75, 3.05) is 6.61 Å². The summed E-state index contributed by atoms with van der Waals surface area (Å²) in [5.41, 5.74) is 1.46. The molecule has 0 aliphatic rings. The van der Waals surface area contributed by atoms with Crippen LogP contribution in [0.15, 0.2) is 82.6 Å². The zero-order valence-electron chi connectivity index (χ0n) is 19.3. The largest absolute Gasteiger partial charge is 0.395 e. The molecule has 0 aliphatic carbocycles. The molecular formula is C25H36N2O3S2. The molecule has 1 unspecified atom stereocenters. The predicted molar refractivity (Wildman–Crippen MR) is 140 cm³/mol. The molecule has 3 N–H and O–H groups in total. The monoisotopic (exact) mass is 476 g/mol. The minimum atomic E-state index is -0.575. The summed E-state index contributed by atoms with van der Waals surface area (Å²) in [6.45, 7) is 26.5. The molecule has 0 aromatic heterocycles. The number of hydrogen-bond acceptors (Lipinski definition) is 5. The summed E-state index contributed by atoms with van der Waals surface area (Å²) in [5, 5.41) is 15.9. The number of nitrogens with one attached hydrogen (secondary N) is 2. The van der Waals surface area contributed by atoms with Gasteiger partial charge in [0, 0.05) is 0 Å². The van der Waals surface area contributed by atoms with Gasteiger partial charge in [-0.15, -0.1) is 0 Å². The van der Waals surface area contributed by atoms with Crippen LogP contribution in [-0.4, -0.2) is 23.5 Å². The van der Waals surface area contributed by atoms with Gasteiger partial charge >= 0.3 is 0 Å². The number of unbranched alkanes of at least 4 members (excludes halogenated alkanes) is 1. The van der Waals surface area contributed by atoms with Gasteiger partial charge in [-0.3, -0.25) is 9.59 Å². The molecule has 2 amide bonds. The molecule has 7 heteroatoms. The molecule has 0 saturated carbocycles. The zero-order valence-corrected chi connectivity index (χ0v) is 20.9. The molecule has 0 radical (unpaired) electrons. The lowest BCUT2D eigenvalue weighted by atomic mass is 10.0. The van der Waals surface area contributed by atoms with E-state index < -0.39 is 5.92 Å². The number of carbonyl (C=O) groups is 2. The van der Waals surface area contributed by atoms with E-state index >= 15 is 0 Å². The van der Waals surface area contributed by atoms with Gasteiger partial charge in [-0.05, 0) is 54.9 Å². The number of allylic oxidation sites excluding steroid dienone is 4. The first-order valence-corrected chi connectivity index (χ1v) is 11.9. The zero-order chi connectivity index (χ0) is 24.7. The lowest BCUT2D eigenvalue weighted by Crippen LogP contribution is -2.32. The minimum absolute atomic E-state index is 0.174. The van der Waals surface area contributed by atoms with Gasteiger partial charge < -0.3 is 15.7 Å². The molecule has 32 heavy (non-hydrogen) atoms. The van der Waals surface area contributed by atoms with Gasteiger partial charge in [-0.2, -0.15) is 0 Å². The van der Waals surface area contributed by atoms with Crippen molar-refractivity contribution in [3.05, 3.63) is 82.6 Å². The van der Waals surface area contributed by atoms with Gasteiger partial charge in [0.25, 0.3) is 0 Å². The lowest BCUT2D eigenvalue weighted by molar-refractivity contribution is -0.124. The van der Waals surface area contributed by atoms with Gasteiger partial charge in [-0.25, -0.2) is 0 Å². The van der Waals surface area contributed by atoms with Gasteiger partial charge in [0.05, 0.1) is 29.0 Å². The Morgan fingerprint density at radius 1 is 0.969 bits per heavy atom. The third-order valence-corrected chi connectivity index (χ3v) is 6.10. The van der Waals surface area contributed by atoms with Crippen LogP contribution < -0.4 is 10.6 Å². The number of hydrogen-bond donors (Lipinski definition) is 3. The van der Waals surface area contributed by atoms with Crippen molar-refractivity contribution in [1.82, 2.24) is 10.6 Å². The van der Waals surface area contributed by atoms with Crippen molar-refractivity contribution in [3.8, 4) is 0 Å². The Labute approximate surface area is 201 Å². The van der Waals surface area contributed by atoms with E-state index in [0.29, 0.717) is 15.6 Å². The van der Waals surface area contributed by atoms with Gasteiger partial charge in [0.1, 0.15) is 0 Å². The molecule has 0 aromatic carbocycles. The predicted octanol–water partition coefficient (Wildman–Crippen LogP) is 5.92. The van der Waals surface area contributed by atoms with Gasteiger partial charge in [0.15, 0.2) is 0 Å². The summed E-state index contributed by atoms with van der Waals surface area (Å²) in [6, 6.07) is 0. The van der Waals surface area contributed by atoms with Crippen LogP contribution in [0.3, 0.4) is 0 Å². The van der Waals surface area contributed by atoms with E-state index in [1.165, 1.54) is 23.5 Å². The Kier molecular flexibility index (Phi) is 15.3. The molecule has 176 valence electrons. The molecule has 5 nitrogen and oxygen atoms in total. The van der Waals surface area contributed by atoms with E-state index in [-0.39, 0.29) is 24.8 Å². The molecule has 0 rings (SSSR count). The summed E-state index contributed by atoms with van der Waals surface area (Å²) in [6.07, 6.45) is 6.93. The topological polar surface area (TPSA) is 78.4 Å². The molecule has 0 fully saturated rings. The van der Waals surface area contributed by atoms with Crippen molar-refractivity contribution in [1.29, 1.82) is 0 Å². The molecule has 0 bridgehead atoms. The minimum Gasteiger partial charge on any atom is -0.395 e. The number of rotatable bonds is 17. The van der Waals surface area contributed by atoms with Crippen LogP contribution in [0.5, 0.6) is 0 Å². The van der Waals surface area contributed by atoms with E-state index in [2.05, 4.69) is 50.1 Å². The van der Waals surface area contributed by atoms with Crippen LogP contribution >= 0.6 is 23.5 Å². The highest BCUT2D eigenvalue weighted by atomic mass is 32.2. The fourth-order valence-corrected chi connectivity index (χ4v) is 3.99. The van der Waals surface area contributed by atoms with Gasteiger partial charge in [0.2, 0.25) is 11.8 Å². The fourth-order valence-electron chi connectivity index (χ4n) is 2.48. The second-order valence-electron chi connectivity index (χ2n) is 7.18. The standard InChI is InChI=1S/C25H36N2O3S2/c1-9-17(3)15-24(29)26-21(7)31-19(5)13-11-12-14-20(6)32-22(8)27-25(30)23(16-28)18(4)10-2/h9-10,23,28H,1,3,5-8,11-16H2,2,4H3,(H,26,29)(H,27,30)/b18-10+. The van der Waals surface area contributed by atoms with Crippen molar-refractivity contribution in [2.45, 2.75) is 46.0 Å². The molecule has 0 aromatic rings. The van der Waals surface area contributed by atoms with Crippen LogP contribution in [0.4, 0.5) is 0 Å². The first kappa shape index (κ1) is 29.8. The number of carbonyl (C=O) groups excluding carboxylic acids is 2. The van der Waals surface area contributed by atoms with Gasteiger partial charge in [-0.1, -0.05) is 80.7 Å². The summed E-state index contributed by atoms with van der Waals surface area (Å²) in [4.78, 5) is 25.9. The Hall–Kier alpha value is -2.22. The maximum atomic E-state index is 12.3. The Morgan fingerprint density at radius 2 is 1.47 bits per heavy atom. The molecule has 0 heterocycles. The maximum Gasteiger partial charge on any atom is 0.234 e. The summed E-state index contributed by atoms with van der Waals surface area (Å²) >= 11 is 2.69. The molecular weight excluding hydrogens is 440 g/mol. The number of aliphatic hydroxyl groups is 1. The highest BCUT2D eigenvalue weighted by Crippen LogP contribution is 2.29. The van der Waals surface area contributed by atoms with Crippen molar-refractivity contribution < 1.29 is 14.7 Å². The van der Waals surface area contributed by atoms with Crippen LogP contribution in [0, 0.1) is 5.92 Å². The molecule has 1 atom stereocenters. The number of amides is 2. The van der Waals surface area contributed by atoms with Crippen molar-refractivity contribution in [3.63, 3.8) is 0 Å². The van der Waals surface area contributed by atoms with Crippen LogP contribution in [0.1, 0.15) is 46.0 Å². The van der Waals surface area contributed by atoms with Crippen LogP contribution in [-0.2, 0) is 9.59 Å². The average molecular weight is 477 g/mol. The molecule has 0 spiro atoms. The Balaban J connectivity index is 4.17. The summed E-state index contributed by atoms with van der Waals surface area (Å²) in [7, 11) is 0. The fraction of sp³-hybridized carbons (Fsp3) is 0.360. The summed E-state index contributed by atoms with van der Waals surface area (Å²) < 4.78 is 0. The van der Waals surface area contributed by atoms with Crippen molar-refractivity contribution >= 4 is 35.3 Å². The summed E-state index contributed by atoms with van der Waals surface area (Å²) in [5.74, 6) is -1.02. The lowest BCUT2D eigenvalue weighted by Gasteiger charge is -2.16. The average Bonchev–Trinajstić information content (AvgIpc) is 2.70. The highest BCUT2D eigenvalue weighted by molar-refractivity contribution is 8.06. The smallest absolute Gasteiger partial charge is 0.234 e. The quantitative estimate of drug-likeness (QED) is 0.138. The Morgan fingerprint density at radius 3 is 1.91 bits per heavy atom. The number of thioether (sulfide) groups is 2. The normalized spacial score (nSPS) is 11.8. The second kappa shape index (κ2) is 16.4. The Bertz CT molecular complexity index is 797. The van der Waals surface area contributed by atoms with Crippen LogP contribution in [0.25, 0.3) is 0 Å². The molecule has 0 saturated heterocycles. The second-order valence-corrected chi connectivity index (χ2v) is 9.73. The van der Waals surface area contributed by atoms with E-state index in [4.69, 9.17) is 0 Å². The van der Waals surface area contributed by atoms with Crippen molar-refractivity contribution in [2.24, 2.45) is 5.92 Å². The highest BCUT2D eigenvalue weighted by Gasteiger charge is 2.19. The van der Waals surface area contributed by atoms with E-state index in [1.54, 1.807) is 6.08 Å². The first-order valence-electron chi connectivity index (χ1n) is 10.3. The van der Waals surface area contributed by atoms with Crippen LogP contribution in [0.2, 0.25) is 0 Å². The third-order valence-electron chi connectivity index (χ3n) is 4.42. The maximum absolute atomic E-state index is 12.3.